The summed E-state index contributed by atoms with van der Waals surface area (Å²) in [5, 5.41) is 9.10. The van der Waals surface area contributed by atoms with Crippen molar-refractivity contribution in [2.24, 2.45) is 17.1 Å². The molecule has 1 rings (SSSR count). The van der Waals surface area contributed by atoms with Crippen LogP contribution in [0, 0.1) is 11.3 Å². The van der Waals surface area contributed by atoms with Crippen molar-refractivity contribution >= 4 is 11.9 Å². The first-order valence-electron chi connectivity index (χ1n) is 6.06. The first kappa shape index (κ1) is 14.0. The molecule has 3 N–H and O–H groups in total. The normalized spacial score (nSPS) is 22.9. The Balaban J connectivity index is 2.58. The van der Waals surface area contributed by atoms with E-state index in [-0.39, 0.29) is 17.9 Å². The third-order valence-corrected chi connectivity index (χ3v) is 3.87. The Morgan fingerprint density at radius 3 is 2.12 bits per heavy atom. The molecule has 0 aliphatic carbocycles. The molecule has 0 spiro atoms. The summed E-state index contributed by atoms with van der Waals surface area (Å²) in [7, 11) is 0. The smallest absolute Gasteiger partial charge is 0.309 e. The van der Waals surface area contributed by atoms with E-state index < -0.39 is 11.4 Å². The molecule has 1 aliphatic heterocycles. The lowest BCUT2D eigenvalue weighted by Crippen LogP contribution is -2.48. The van der Waals surface area contributed by atoms with Crippen LogP contribution in [0.25, 0.3) is 0 Å². The molecule has 17 heavy (non-hydrogen) atoms. The predicted molar refractivity (Wildman–Crippen MR) is 64.4 cm³/mol. The molecule has 0 aromatic heterocycles. The van der Waals surface area contributed by atoms with Crippen LogP contribution in [-0.4, -0.2) is 41.0 Å². The van der Waals surface area contributed by atoms with Crippen LogP contribution in [0.5, 0.6) is 0 Å². The van der Waals surface area contributed by atoms with Crippen LogP contribution in [-0.2, 0) is 9.59 Å². The number of carbonyl (C=O) groups is 2. The van der Waals surface area contributed by atoms with Gasteiger partial charge in [0.05, 0.1) is 11.3 Å². The third kappa shape index (κ3) is 2.97. The molecule has 5 nitrogen and oxygen atoms in total. The fourth-order valence-corrected chi connectivity index (χ4v) is 1.95. The first-order valence-corrected chi connectivity index (χ1v) is 6.06. The quantitative estimate of drug-likeness (QED) is 0.762. The standard InChI is InChI=1S/C12H22N2O3/c1-8(9(2)13)10(15)14-6-4-12(3,5-7-14)11(16)17/h8-9H,4-7,13H2,1-3H3,(H,16,17). The predicted octanol–water partition coefficient (Wildman–Crippen LogP) is 0.683. The highest BCUT2D eigenvalue weighted by atomic mass is 16.4. The third-order valence-electron chi connectivity index (χ3n) is 3.87. The van der Waals surface area contributed by atoms with E-state index >= 15 is 0 Å². The molecule has 98 valence electrons. The average molecular weight is 242 g/mol. The van der Waals surface area contributed by atoms with Gasteiger partial charge in [0.25, 0.3) is 0 Å². The van der Waals surface area contributed by atoms with Gasteiger partial charge in [-0.05, 0) is 26.7 Å². The number of piperidine rings is 1. The summed E-state index contributed by atoms with van der Waals surface area (Å²) < 4.78 is 0. The number of likely N-dealkylation sites (tertiary alicyclic amines) is 1. The van der Waals surface area contributed by atoms with Crippen molar-refractivity contribution in [1.29, 1.82) is 0 Å². The Kier molecular flexibility index (Phi) is 4.14. The van der Waals surface area contributed by atoms with Gasteiger partial charge in [0.2, 0.25) is 5.91 Å². The van der Waals surface area contributed by atoms with Crippen LogP contribution < -0.4 is 5.73 Å². The van der Waals surface area contributed by atoms with E-state index in [1.807, 2.05) is 13.8 Å². The molecule has 1 aliphatic rings. The number of nitrogens with zero attached hydrogens (tertiary/aromatic N) is 1. The summed E-state index contributed by atoms with van der Waals surface area (Å²) in [5.74, 6) is -0.943. The zero-order valence-corrected chi connectivity index (χ0v) is 10.8. The van der Waals surface area contributed by atoms with Gasteiger partial charge in [0.1, 0.15) is 0 Å². The van der Waals surface area contributed by atoms with Gasteiger partial charge in [0.15, 0.2) is 0 Å². The minimum absolute atomic E-state index is 0.0347. The number of hydrogen-bond acceptors (Lipinski definition) is 3. The fourth-order valence-electron chi connectivity index (χ4n) is 1.95. The van der Waals surface area contributed by atoms with Crippen molar-refractivity contribution in [2.45, 2.75) is 39.7 Å². The molecule has 1 saturated heterocycles. The molecule has 0 aromatic rings. The van der Waals surface area contributed by atoms with Crippen molar-refractivity contribution in [3.8, 4) is 0 Å². The molecule has 1 fully saturated rings. The number of nitrogens with two attached hydrogens (primary N) is 1. The monoisotopic (exact) mass is 242 g/mol. The van der Waals surface area contributed by atoms with E-state index in [2.05, 4.69) is 0 Å². The van der Waals surface area contributed by atoms with Gasteiger partial charge < -0.3 is 15.7 Å². The summed E-state index contributed by atoms with van der Waals surface area (Å²) in [6.07, 6.45) is 1.03. The van der Waals surface area contributed by atoms with E-state index in [4.69, 9.17) is 10.8 Å². The number of aliphatic carboxylic acids is 1. The maximum Gasteiger partial charge on any atom is 0.309 e. The molecule has 1 amide bonds. The largest absolute Gasteiger partial charge is 0.481 e. The molecule has 0 aromatic carbocycles. The van der Waals surface area contributed by atoms with Crippen molar-refractivity contribution in [3.05, 3.63) is 0 Å². The summed E-state index contributed by atoms with van der Waals surface area (Å²) in [6, 6.07) is -0.171. The molecular formula is C12H22N2O3. The van der Waals surface area contributed by atoms with Crippen LogP contribution in [0.15, 0.2) is 0 Å². The van der Waals surface area contributed by atoms with E-state index in [9.17, 15) is 9.59 Å². The average Bonchev–Trinajstić information content (AvgIpc) is 2.27. The highest BCUT2D eigenvalue weighted by Crippen LogP contribution is 2.31. The lowest BCUT2D eigenvalue weighted by Gasteiger charge is -2.38. The molecule has 0 saturated carbocycles. The van der Waals surface area contributed by atoms with Crippen molar-refractivity contribution in [2.75, 3.05) is 13.1 Å². The van der Waals surface area contributed by atoms with Crippen LogP contribution in [0.1, 0.15) is 33.6 Å². The molecule has 5 heteroatoms. The number of carboxylic acids is 1. The highest BCUT2D eigenvalue weighted by molar-refractivity contribution is 5.80. The fraction of sp³-hybridized carbons (Fsp3) is 0.833. The maximum absolute atomic E-state index is 12.0. The van der Waals surface area contributed by atoms with Gasteiger partial charge in [-0.25, -0.2) is 0 Å². The summed E-state index contributed by atoms with van der Waals surface area (Å²) >= 11 is 0. The molecule has 0 bridgehead atoms. The molecule has 2 atom stereocenters. The van der Waals surface area contributed by atoms with Crippen molar-refractivity contribution < 1.29 is 14.7 Å². The zero-order valence-electron chi connectivity index (χ0n) is 10.8. The maximum atomic E-state index is 12.0. The molecular weight excluding hydrogens is 220 g/mol. The van der Waals surface area contributed by atoms with Gasteiger partial charge in [-0.3, -0.25) is 9.59 Å². The van der Waals surface area contributed by atoms with Crippen molar-refractivity contribution in [1.82, 2.24) is 4.90 Å². The molecule has 2 unspecified atom stereocenters. The summed E-state index contributed by atoms with van der Waals surface area (Å²) in [6.45, 7) is 6.40. The highest BCUT2D eigenvalue weighted by Gasteiger charge is 2.38. The number of amides is 1. The molecule has 0 radical (unpaired) electrons. The lowest BCUT2D eigenvalue weighted by atomic mass is 9.80. The number of carboxylic acid groups (broad SMARTS) is 1. The summed E-state index contributed by atoms with van der Waals surface area (Å²) in [4.78, 5) is 24.8. The van der Waals surface area contributed by atoms with Gasteiger partial charge in [-0.2, -0.15) is 0 Å². The van der Waals surface area contributed by atoms with E-state index in [0.29, 0.717) is 25.9 Å². The zero-order chi connectivity index (χ0) is 13.2. The number of rotatable bonds is 3. The van der Waals surface area contributed by atoms with Gasteiger partial charge in [-0.15, -0.1) is 0 Å². The lowest BCUT2D eigenvalue weighted by molar-refractivity contribution is -0.153. The topological polar surface area (TPSA) is 83.6 Å². The number of hydrogen-bond donors (Lipinski definition) is 2. The van der Waals surface area contributed by atoms with E-state index in [1.165, 1.54) is 0 Å². The SMILES string of the molecule is CC(N)C(C)C(=O)N1CCC(C)(C(=O)O)CC1. The Labute approximate surface area is 102 Å². The summed E-state index contributed by atoms with van der Waals surface area (Å²) in [5.41, 5.74) is 5.02. The Morgan fingerprint density at radius 1 is 1.29 bits per heavy atom. The van der Waals surface area contributed by atoms with Gasteiger partial charge in [0, 0.05) is 19.1 Å². The van der Waals surface area contributed by atoms with Gasteiger partial charge >= 0.3 is 5.97 Å². The minimum atomic E-state index is -0.773. The Hall–Kier alpha value is -1.10. The Morgan fingerprint density at radius 2 is 1.76 bits per heavy atom. The van der Waals surface area contributed by atoms with Crippen LogP contribution in [0.4, 0.5) is 0 Å². The first-order chi connectivity index (χ1) is 7.78. The van der Waals surface area contributed by atoms with Crippen LogP contribution in [0.3, 0.4) is 0 Å². The van der Waals surface area contributed by atoms with E-state index in [1.54, 1.807) is 11.8 Å². The number of carbonyl (C=O) groups excluding carboxylic acids is 1. The Bertz CT molecular complexity index is 307. The van der Waals surface area contributed by atoms with Crippen molar-refractivity contribution in [3.63, 3.8) is 0 Å². The minimum Gasteiger partial charge on any atom is -0.481 e. The second-order valence-electron chi connectivity index (χ2n) is 5.34. The molecule has 1 heterocycles. The second kappa shape index (κ2) is 5.04. The van der Waals surface area contributed by atoms with E-state index in [0.717, 1.165) is 0 Å². The second-order valence-corrected chi connectivity index (χ2v) is 5.34. The van der Waals surface area contributed by atoms with Crippen LogP contribution >= 0.6 is 0 Å². The van der Waals surface area contributed by atoms with Crippen LogP contribution in [0.2, 0.25) is 0 Å². The van der Waals surface area contributed by atoms with Gasteiger partial charge in [-0.1, -0.05) is 6.92 Å².